The number of pyridine rings is 1. The lowest BCUT2D eigenvalue weighted by Gasteiger charge is -2.10. The largest absolute Gasteiger partial charge is 0.497 e. The number of aromatic nitrogens is 3. The first-order valence-electron chi connectivity index (χ1n) is 8.59. The maximum absolute atomic E-state index is 13.1. The molecule has 0 saturated carbocycles. The molecule has 0 atom stereocenters. The number of ether oxygens (including phenoxy) is 1. The minimum Gasteiger partial charge on any atom is -0.497 e. The number of aromatic amines is 1. The molecule has 0 amide bonds. The van der Waals surface area contributed by atoms with E-state index in [2.05, 4.69) is 5.10 Å². The van der Waals surface area contributed by atoms with E-state index in [1.54, 1.807) is 42.9 Å². The summed E-state index contributed by atoms with van der Waals surface area (Å²) in [7, 11) is 1.59. The summed E-state index contributed by atoms with van der Waals surface area (Å²) in [6, 6.07) is 16.2. The zero-order valence-electron chi connectivity index (χ0n) is 15.3. The molecule has 0 radical (unpaired) electrons. The van der Waals surface area contributed by atoms with Crippen molar-refractivity contribution in [3.63, 3.8) is 0 Å². The number of rotatable bonds is 3. The fourth-order valence-electron chi connectivity index (χ4n) is 3.41. The highest BCUT2D eigenvalue weighted by Crippen LogP contribution is 2.19. The Morgan fingerprint density at radius 3 is 2.33 bits per heavy atom. The number of hydrogen-bond acceptors (Lipinski definition) is 3. The normalized spacial score (nSPS) is 11.1. The first-order chi connectivity index (χ1) is 13.0. The van der Waals surface area contributed by atoms with Gasteiger partial charge in [0, 0.05) is 17.4 Å². The van der Waals surface area contributed by atoms with Gasteiger partial charge in [0.2, 0.25) is 0 Å². The number of H-pyrrole nitrogens is 1. The van der Waals surface area contributed by atoms with Crippen LogP contribution in [0.25, 0.3) is 22.3 Å². The van der Waals surface area contributed by atoms with E-state index in [9.17, 15) is 9.59 Å². The molecule has 0 saturated heterocycles. The minimum absolute atomic E-state index is 0.181. The monoisotopic (exact) mass is 361 g/mol. The molecule has 136 valence electrons. The number of aryl methyl sites for hydroxylation is 2. The lowest BCUT2D eigenvalue weighted by molar-refractivity contribution is 0.414. The lowest BCUT2D eigenvalue weighted by atomic mass is 10.2. The van der Waals surface area contributed by atoms with E-state index in [-0.39, 0.29) is 11.1 Å². The Bertz CT molecular complexity index is 1260. The van der Waals surface area contributed by atoms with Crippen molar-refractivity contribution in [3.8, 4) is 17.1 Å². The first-order valence-corrected chi connectivity index (χ1v) is 8.59. The van der Waals surface area contributed by atoms with E-state index in [1.165, 1.54) is 10.7 Å². The molecule has 0 bridgehead atoms. The molecule has 2 heterocycles. The van der Waals surface area contributed by atoms with Gasteiger partial charge in [0.05, 0.1) is 23.7 Å². The maximum Gasteiger partial charge on any atom is 0.280 e. The molecule has 6 heteroatoms. The number of methoxy groups -OCH3 is 1. The fourth-order valence-corrected chi connectivity index (χ4v) is 3.41. The molecule has 0 aliphatic carbocycles. The Kier molecular flexibility index (Phi) is 3.96. The fraction of sp³-hybridized carbons (Fsp3) is 0.143. The summed E-state index contributed by atoms with van der Waals surface area (Å²) in [6.45, 7) is 3.72. The van der Waals surface area contributed by atoms with Crippen molar-refractivity contribution >= 4 is 10.9 Å². The van der Waals surface area contributed by atoms with E-state index < -0.39 is 0 Å². The van der Waals surface area contributed by atoms with Gasteiger partial charge in [-0.1, -0.05) is 18.2 Å². The molecule has 0 fully saturated rings. The van der Waals surface area contributed by atoms with Crippen molar-refractivity contribution in [2.24, 2.45) is 0 Å². The van der Waals surface area contributed by atoms with Crippen LogP contribution in [0.1, 0.15) is 11.3 Å². The summed E-state index contributed by atoms with van der Waals surface area (Å²) in [5, 5.41) is 3.56. The van der Waals surface area contributed by atoms with Crippen LogP contribution in [0.2, 0.25) is 0 Å². The van der Waals surface area contributed by atoms with Crippen molar-refractivity contribution < 1.29 is 4.74 Å². The second-order valence-corrected chi connectivity index (χ2v) is 6.43. The summed E-state index contributed by atoms with van der Waals surface area (Å²) < 4.78 is 8.20. The Balaban J connectivity index is 1.99. The van der Waals surface area contributed by atoms with Gasteiger partial charge in [-0.05, 0) is 49.7 Å². The lowest BCUT2D eigenvalue weighted by Crippen LogP contribution is -2.22. The molecule has 0 unspecified atom stereocenters. The summed E-state index contributed by atoms with van der Waals surface area (Å²) in [5.74, 6) is 0.703. The van der Waals surface area contributed by atoms with Crippen LogP contribution in [-0.4, -0.2) is 21.5 Å². The third-order valence-corrected chi connectivity index (χ3v) is 4.79. The van der Waals surface area contributed by atoms with Gasteiger partial charge in [-0.2, -0.15) is 0 Å². The SMILES string of the molecule is COc1ccc(-n2c(C)c3c(=O)n(-c4ccccc4C)[nH]c3cc2=O)cc1. The van der Waals surface area contributed by atoms with Crippen LogP contribution in [0.4, 0.5) is 0 Å². The van der Waals surface area contributed by atoms with E-state index in [0.717, 1.165) is 11.3 Å². The van der Waals surface area contributed by atoms with Gasteiger partial charge in [-0.15, -0.1) is 0 Å². The van der Waals surface area contributed by atoms with Crippen molar-refractivity contribution in [2.75, 3.05) is 7.11 Å². The molecule has 4 rings (SSSR count). The Morgan fingerprint density at radius 2 is 1.67 bits per heavy atom. The van der Waals surface area contributed by atoms with Gasteiger partial charge in [-0.25, -0.2) is 4.68 Å². The van der Waals surface area contributed by atoms with E-state index in [1.807, 2.05) is 31.2 Å². The molecule has 0 spiro atoms. The number of hydrogen-bond donors (Lipinski definition) is 1. The highest BCUT2D eigenvalue weighted by Gasteiger charge is 2.16. The third-order valence-electron chi connectivity index (χ3n) is 4.79. The predicted octanol–water partition coefficient (Wildman–Crippen LogP) is 3.10. The quantitative estimate of drug-likeness (QED) is 0.610. The summed E-state index contributed by atoms with van der Waals surface area (Å²) >= 11 is 0. The van der Waals surface area contributed by atoms with Crippen LogP contribution in [-0.2, 0) is 0 Å². The van der Waals surface area contributed by atoms with Gasteiger partial charge in [0.15, 0.2) is 0 Å². The molecular formula is C21H19N3O3. The highest BCUT2D eigenvalue weighted by atomic mass is 16.5. The topological polar surface area (TPSA) is 69.0 Å². The zero-order valence-corrected chi connectivity index (χ0v) is 15.3. The number of benzene rings is 2. The van der Waals surface area contributed by atoms with Crippen LogP contribution in [0.15, 0.2) is 64.2 Å². The molecule has 1 N–H and O–H groups in total. The van der Waals surface area contributed by atoms with Crippen molar-refractivity contribution in [2.45, 2.75) is 13.8 Å². The van der Waals surface area contributed by atoms with E-state index in [4.69, 9.17) is 4.74 Å². The molecule has 0 aliphatic heterocycles. The standard InChI is InChI=1S/C21H19N3O3/c1-13-6-4-5-7-18(13)24-21(26)20-14(2)23(19(25)12-17(20)22-24)15-8-10-16(27-3)11-9-15/h4-12,22H,1-3H3. The second-order valence-electron chi connectivity index (χ2n) is 6.43. The number of fused-ring (bicyclic) bond motifs is 1. The van der Waals surface area contributed by atoms with Crippen LogP contribution in [0.5, 0.6) is 5.75 Å². The Labute approximate surface area is 155 Å². The summed E-state index contributed by atoms with van der Waals surface area (Å²) in [5.41, 5.74) is 3.15. The number of nitrogens with one attached hydrogen (secondary N) is 1. The van der Waals surface area contributed by atoms with Crippen molar-refractivity contribution in [1.82, 2.24) is 14.3 Å². The molecule has 27 heavy (non-hydrogen) atoms. The maximum atomic E-state index is 13.1. The van der Waals surface area contributed by atoms with Gasteiger partial charge in [0.1, 0.15) is 5.75 Å². The van der Waals surface area contributed by atoms with Gasteiger partial charge < -0.3 is 4.74 Å². The van der Waals surface area contributed by atoms with Crippen LogP contribution < -0.4 is 15.9 Å². The zero-order chi connectivity index (χ0) is 19.1. The molecule has 6 nitrogen and oxygen atoms in total. The summed E-state index contributed by atoms with van der Waals surface area (Å²) in [4.78, 5) is 25.8. The Morgan fingerprint density at radius 1 is 0.963 bits per heavy atom. The number of nitrogens with zero attached hydrogens (tertiary/aromatic N) is 2. The third kappa shape index (κ3) is 2.66. The van der Waals surface area contributed by atoms with Gasteiger partial charge in [-0.3, -0.25) is 19.3 Å². The van der Waals surface area contributed by atoms with Gasteiger partial charge in [0.25, 0.3) is 11.1 Å². The van der Waals surface area contributed by atoms with E-state index in [0.29, 0.717) is 28.0 Å². The first kappa shape index (κ1) is 16.9. The molecular weight excluding hydrogens is 342 g/mol. The molecule has 2 aromatic heterocycles. The smallest absolute Gasteiger partial charge is 0.280 e. The van der Waals surface area contributed by atoms with Crippen molar-refractivity contribution in [3.05, 3.63) is 86.6 Å². The molecule has 2 aromatic carbocycles. The van der Waals surface area contributed by atoms with Gasteiger partial charge >= 0.3 is 0 Å². The number of para-hydroxylation sites is 1. The minimum atomic E-state index is -0.205. The second kappa shape index (κ2) is 6.32. The average Bonchev–Trinajstić information content (AvgIpc) is 2.99. The van der Waals surface area contributed by atoms with E-state index >= 15 is 0 Å². The molecule has 0 aliphatic rings. The summed E-state index contributed by atoms with van der Waals surface area (Å²) in [6.07, 6.45) is 0. The highest BCUT2D eigenvalue weighted by molar-refractivity contribution is 5.81. The Hall–Kier alpha value is -3.54. The molecule has 4 aromatic rings. The average molecular weight is 361 g/mol. The van der Waals surface area contributed by atoms with Crippen LogP contribution in [0, 0.1) is 13.8 Å². The van der Waals surface area contributed by atoms with Crippen molar-refractivity contribution in [1.29, 1.82) is 0 Å². The predicted molar refractivity (Wildman–Crippen MR) is 106 cm³/mol. The van der Waals surface area contributed by atoms with Crippen LogP contribution in [0.3, 0.4) is 0 Å². The van der Waals surface area contributed by atoms with Crippen LogP contribution >= 0.6 is 0 Å².